The molecule has 0 spiro atoms. The first-order chi connectivity index (χ1) is 18.8. The molecule has 0 radical (unpaired) electrons. The van der Waals surface area contributed by atoms with Crippen molar-refractivity contribution in [3.05, 3.63) is 66.7 Å². The molecule has 4 rings (SSSR count). The fourth-order valence-electron chi connectivity index (χ4n) is 4.39. The van der Waals surface area contributed by atoms with Crippen LogP contribution in [0.15, 0.2) is 71.6 Å². The monoisotopic (exact) mass is 557 g/mol. The highest BCUT2D eigenvalue weighted by atomic mass is 32.2. The molecule has 1 saturated heterocycles. The fourth-order valence-corrected chi connectivity index (χ4v) is 5.44. The topological polar surface area (TPSA) is 130 Å². The van der Waals surface area contributed by atoms with E-state index in [9.17, 15) is 18.6 Å². The molecule has 3 aromatic rings. The van der Waals surface area contributed by atoms with Crippen LogP contribution in [0.2, 0.25) is 0 Å². The number of aromatic hydroxyl groups is 1. The second-order valence-electron chi connectivity index (χ2n) is 9.30. The number of hydrogen-bond acceptors (Lipinski definition) is 9. The number of phenols is 1. The van der Waals surface area contributed by atoms with Gasteiger partial charge in [0, 0.05) is 37.4 Å². The van der Waals surface area contributed by atoms with E-state index in [1.54, 1.807) is 42.5 Å². The molecule has 10 nitrogen and oxygen atoms in total. The lowest BCUT2D eigenvalue weighted by molar-refractivity contribution is 0.102. The summed E-state index contributed by atoms with van der Waals surface area (Å²) >= 11 is 0. The molecule has 0 saturated carbocycles. The molecule has 1 aliphatic heterocycles. The van der Waals surface area contributed by atoms with Crippen molar-refractivity contribution in [1.82, 2.24) is 5.32 Å². The van der Waals surface area contributed by atoms with Crippen molar-refractivity contribution in [2.24, 2.45) is 0 Å². The lowest BCUT2D eigenvalue weighted by Crippen LogP contribution is -2.45. The SMILES string of the molecule is COc1ccc(NS(=O)(=O)c2ccc(N3CCC(NC[C@H](O)COc4ccc(O)cc4)CC3)cc2)cc1OC. The number of ether oxygens (including phenoxy) is 3. The maximum Gasteiger partial charge on any atom is 0.261 e. The van der Waals surface area contributed by atoms with E-state index in [2.05, 4.69) is 14.9 Å². The third-order valence-electron chi connectivity index (χ3n) is 6.56. The average Bonchev–Trinajstić information content (AvgIpc) is 2.96. The van der Waals surface area contributed by atoms with E-state index in [1.165, 1.54) is 26.4 Å². The molecule has 210 valence electrons. The van der Waals surface area contributed by atoms with Crippen LogP contribution in [0.1, 0.15) is 12.8 Å². The number of methoxy groups -OCH3 is 2. The predicted molar refractivity (Wildman–Crippen MR) is 150 cm³/mol. The number of phenolic OH excluding ortho intramolecular Hbond substituents is 1. The van der Waals surface area contributed by atoms with Crippen LogP contribution >= 0.6 is 0 Å². The number of benzene rings is 3. The van der Waals surface area contributed by atoms with Gasteiger partial charge in [-0.1, -0.05) is 0 Å². The average molecular weight is 558 g/mol. The van der Waals surface area contributed by atoms with Gasteiger partial charge in [0.1, 0.15) is 24.2 Å². The number of rotatable bonds is 12. The number of aliphatic hydroxyl groups is 1. The van der Waals surface area contributed by atoms with E-state index in [0.717, 1.165) is 31.6 Å². The molecule has 1 aliphatic rings. The number of nitrogens with one attached hydrogen (secondary N) is 2. The van der Waals surface area contributed by atoms with E-state index >= 15 is 0 Å². The molecular weight excluding hydrogens is 522 g/mol. The van der Waals surface area contributed by atoms with Gasteiger partial charge in [0.2, 0.25) is 0 Å². The molecule has 1 fully saturated rings. The summed E-state index contributed by atoms with van der Waals surface area (Å²) in [5.74, 6) is 1.71. The zero-order chi connectivity index (χ0) is 27.8. The van der Waals surface area contributed by atoms with Crippen LogP contribution < -0.4 is 29.1 Å². The molecule has 0 amide bonds. The lowest BCUT2D eigenvalue weighted by Gasteiger charge is -2.34. The van der Waals surface area contributed by atoms with Crippen LogP contribution in [0.4, 0.5) is 11.4 Å². The van der Waals surface area contributed by atoms with Crippen molar-refractivity contribution in [3.8, 4) is 23.0 Å². The van der Waals surface area contributed by atoms with E-state index in [1.807, 2.05) is 12.1 Å². The Morgan fingerprint density at radius 3 is 2.26 bits per heavy atom. The standard InChI is InChI=1S/C28H35N3O7S/c1-36-27-12-3-21(17-28(27)37-2)30-39(34,35)26-10-4-22(5-11-26)31-15-13-20(14-16-31)29-18-24(33)19-38-25-8-6-23(32)7-9-25/h3-12,17,20,24,29-30,32-33H,13-16,18-19H2,1-2H3/t24-/m0/s1. The smallest absolute Gasteiger partial charge is 0.261 e. The van der Waals surface area contributed by atoms with Gasteiger partial charge >= 0.3 is 0 Å². The molecule has 0 aromatic heterocycles. The first-order valence-corrected chi connectivity index (χ1v) is 14.2. The third kappa shape index (κ3) is 7.69. The molecule has 0 unspecified atom stereocenters. The quantitative estimate of drug-likeness (QED) is 0.265. The zero-order valence-corrected chi connectivity index (χ0v) is 22.9. The Labute approximate surface area is 229 Å². The van der Waals surface area contributed by atoms with E-state index in [-0.39, 0.29) is 23.3 Å². The summed E-state index contributed by atoms with van der Waals surface area (Å²) in [7, 11) is -0.762. The summed E-state index contributed by atoms with van der Waals surface area (Å²) < 4.78 is 44.4. The lowest BCUT2D eigenvalue weighted by atomic mass is 10.0. The van der Waals surface area contributed by atoms with Crippen molar-refractivity contribution in [3.63, 3.8) is 0 Å². The number of piperidine rings is 1. The minimum absolute atomic E-state index is 0.159. The van der Waals surface area contributed by atoms with Gasteiger partial charge in [-0.3, -0.25) is 4.72 Å². The van der Waals surface area contributed by atoms with Crippen molar-refractivity contribution in [2.45, 2.75) is 29.9 Å². The minimum Gasteiger partial charge on any atom is -0.508 e. The number of sulfonamides is 1. The summed E-state index contributed by atoms with van der Waals surface area (Å²) in [5.41, 5.74) is 1.34. The summed E-state index contributed by atoms with van der Waals surface area (Å²) in [6, 6.07) is 18.3. The van der Waals surface area contributed by atoms with Crippen LogP contribution in [0.5, 0.6) is 23.0 Å². The second kappa shape index (κ2) is 12.9. The summed E-state index contributed by atoms with van der Waals surface area (Å²) in [6.07, 6.45) is 1.14. The van der Waals surface area contributed by atoms with Gasteiger partial charge in [-0.2, -0.15) is 0 Å². The number of nitrogens with zero attached hydrogens (tertiary/aromatic N) is 1. The van der Waals surface area contributed by atoms with E-state index < -0.39 is 16.1 Å². The summed E-state index contributed by atoms with van der Waals surface area (Å²) in [5, 5.41) is 23.0. The molecular formula is C28H35N3O7S. The van der Waals surface area contributed by atoms with Crippen molar-refractivity contribution in [1.29, 1.82) is 0 Å². The van der Waals surface area contributed by atoms with Gasteiger partial charge in [0.15, 0.2) is 11.5 Å². The largest absolute Gasteiger partial charge is 0.508 e. The second-order valence-corrected chi connectivity index (χ2v) is 11.0. The van der Waals surface area contributed by atoms with Crippen LogP contribution in [-0.4, -0.2) is 71.2 Å². The Morgan fingerprint density at radius 1 is 0.949 bits per heavy atom. The van der Waals surface area contributed by atoms with Gasteiger partial charge in [-0.25, -0.2) is 8.42 Å². The highest BCUT2D eigenvalue weighted by Crippen LogP contribution is 2.31. The third-order valence-corrected chi connectivity index (χ3v) is 7.96. The Kier molecular flexibility index (Phi) is 9.39. The van der Waals surface area contributed by atoms with E-state index in [4.69, 9.17) is 14.2 Å². The van der Waals surface area contributed by atoms with Crippen molar-refractivity contribution in [2.75, 3.05) is 50.1 Å². The van der Waals surface area contributed by atoms with Crippen molar-refractivity contribution >= 4 is 21.4 Å². The minimum atomic E-state index is -3.77. The van der Waals surface area contributed by atoms with Crippen LogP contribution in [0, 0.1) is 0 Å². The Bertz CT molecular complexity index is 1310. The molecule has 39 heavy (non-hydrogen) atoms. The highest BCUT2D eigenvalue weighted by molar-refractivity contribution is 7.92. The molecule has 0 aliphatic carbocycles. The molecule has 3 aromatic carbocycles. The van der Waals surface area contributed by atoms with E-state index in [0.29, 0.717) is 29.5 Å². The Hall–Kier alpha value is -3.67. The fraction of sp³-hybridized carbons (Fsp3) is 0.357. The van der Waals surface area contributed by atoms with Gasteiger partial charge in [0.25, 0.3) is 10.0 Å². The van der Waals surface area contributed by atoms with Crippen LogP contribution in [0.25, 0.3) is 0 Å². The normalized spacial score (nSPS) is 15.0. The molecule has 1 heterocycles. The van der Waals surface area contributed by atoms with Gasteiger partial charge in [0.05, 0.1) is 24.8 Å². The number of hydrogen-bond donors (Lipinski definition) is 4. The van der Waals surface area contributed by atoms with Crippen LogP contribution in [-0.2, 0) is 10.0 Å². The first-order valence-electron chi connectivity index (χ1n) is 12.7. The molecule has 4 N–H and O–H groups in total. The van der Waals surface area contributed by atoms with Crippen molar-refractivity contribution < 1.29 is 32.8 Å². The summed E-state index contributed by atoms with van der Waals surface area (Å²) in [4.78, 5) is 2.39. The highest BCUT2D eigenvalue weighted by Gasteiger charge is 2.21. The molecule has 1 atom stereocenters. The predicted octanol–water partition coefficient (Wildman–Crippen LogP) is 3.21. The maximum absolute atomic E-state index is 12.9. The Balaban J connectivity index is 1.24. The zero-order valence-electron chi connectivity index (χ0n) is 22.0. The summed E-state index contributed by atoms with van der Waals surface area (Å²) in [6.45, 7) is 2.20. The van der Waals surface area contributed by atoms with Gasteiger partial charge < -0.3 is 34.6 Å². The number of anilines is 2. The molecule has 11 heteroatoms. The van der Waals surface area contributed by atoms with Gasteiger partial charge in [-0.05, 0) is 73.5 Å². The number of aliphatic hydroxyl groups excluding tert-OH is 1. The van der Waals surface area contributed by atoms with Crippen LogP contribution in [0.3, 0.4) is 0 Å². The van der Waals surface area contributed by atoms with Gasteiger partial charge in [-0.15, -0.1) is 0 Å². The molecule has 0 bridgehead atoms. The first kappa shape index (κ1) is 28.3. The maximum atomic E-state index is 12.9. The Morgan fingerprint density at radius 2 is 1.62 bits per heavy atom.